The molecule has 3 N–H and O–H groups in total. The van der Waals surface area contributed by atoms with E-state index < -0.39 is 47.2 Å². The molecular formula is C27H26F2N6O4. The van der Waals surface area contributed by atoms with Crippen LogP contribution in [0.1, 0.15) is 42.0 Å². The van der Waals surface area contributed by atoms with Gasteiger partial charge < -0.3 is 20.7 Å². The van der Waals surface area contributed by atoms with Gasteiger partial charge in [0.15, 0.2) is 11.6 Å². The maximum Gasteiger partial charge on any atom is 0.419 e. The molecule has 4 rings (SSSR count). The SMILES string of the molecule is N#Cc1ccccc1C1(C#N)CCN(CCCNC(=O)N2C(=O)O[C@@H](C(N)=O)[C@@H]2c2ccc(F)c(F)c2)CC1. The van der Waals surface area contributed by atoms with E-state index in [0.717, 1.165) is 23.8 Å². The van der Waals surface area contributed by atoms with E-state index in [1.54, 1.807) is 12.1 Å². The number of primary amides is 1. The molecule has 0 aliphatic carbocycles. The molecule has 2 aliphatic heterocycles. The van der Waals surface area contributed by atoms with Gasteiger partial charge in [0.05, 0.1) is 23.1 Å². The molecule has 202 valence electrons. The number of rotatable bonds is 7. The summed E-state index contributed by atoms with van der Waals surface area (Å²) in [4.78, 5) is 39.9. The van der Waals surface area contributed by atoms with Gasteiger partial charge in [0.25, 0.3) is 5.91 Å². The lowest BCUT2D eigenvalue weighted by atomic mass is 9.72. The van der Waals surface area contributed by atoms with Crippen LogP contribution in [0.3, 0.4) is 0 Å². The smallest absolute Gasteiger partial charge is 0.419 e. The number of carbonyl (C=O) groups is 3. The van der Waals surface area contributed by atoms with Crippen molar-refractivity contribution in [3.05, 3.63) is 70.8 Å². The Labute approximate surface area is 223 Å². The van der Waals surface area contributed by atoms with Crippen molar-refractivity contribution in [2.45, 2.75) is 36.8 Å². The number of urea groups is 1. The maximum absolute atomic E-state index is 13.8. The zero-order valence-electron chi connectivity index (χ0n) is 20.9. The van der Waals surface area contributed by atoms with Gasteiger partial charge in [-0.3, -0.25) is 4.79 Å². The Morgan fingerprint density at radius 2 is 1.85 bits per heavy atom. The first-order chi connectivity index (χ1) is 18.7. The Morgan fingerprint density at radius 3 is 2.49 bits per heavy atom. The van der Waals surface area contributed by atoms with Crippen LogP contribution in [0.25, 0.3) is 0 Å². The third kappa shape index (κ3) is 5.52. The van der Waals surface area contributed by atoms with Crippen LogP contribution in [0.5, 0.6) is 0 Å². The number of imide groups is 1. The summed E-state index contributed by atoms with van der Waals surface area (Å²) >= 11 is 0. The summed E-state index contributed by atoms with van der Waals surface area (Å²) < 4.78 is 32.2. The summed E-state index contributed by atoms with van der Waals surface area (Å²) in [6, 6.07) is 12.2. The molecule has 2 saturated heterocycles. The highest BCUT2D eigenvalue weighted by molar-refractivity contribution is 5.96. The number of amides is 4. The second-order valence-corrected chi connectivity index (χ2v) is 9.47. The van der Waals surface area contributed by atoms with E-state index in [4.69, 9.17) is 10.5 Å². The van der Waals surface area contributed by atoms with Crippen LogP contribution in [-0.2, 0) is 14.9 Å². The number of nitrogens with one attached hydrogen (secondary N) is 1. The van der Waals surface area contributed by atoms with Crippen molar-refractivity contribution in [1.82, 2.24) is 15.1 Å². The predicted octanol–water partition coefficient (Wildman–Crippen LogP) is 2.84. The third-order valence-corrected chi connectivity index (χ3v) is 7.19. The third-order valence-electron chi connectivity index (χ3n) is 7.19. The number of nitriles is 2. The van der Waals surface area contributed by atoms with Crippen molar-refractivity contribution in [2.24, 2.45) is 5.73 Å². The average Bonchev–Trinajstić information content (AvgIpc) is 3.30. The first kappa shape index (κ1) is 27.5. The highest BCUT2D eigenvalue weighted by Gasteiger charge is 2.49. The minimum Gasteiger partial charge on any atom is -0.433 e. The summed E-state index contributed by atoms with van der Waals surface area (Å²) in [6.07, 6.45) is -1.07. The van der Waals surface area contributed by atoms with Crippen molar-refractivity contribution in [1.29, 1.82) is 10.5 Å². The molecule has 2 aromatic rings. The summed E-state index contributed by atoms with van der Waals surface area (Å²) in [7, 11) is 0. The topological polar surface area (TPSA) is 153 Å². The van der Waals surface area contributed by atoms with Gasteiger partial charge in [-0.15, -0.1) is 0 Å². The van der Waals surface area contributed by atoms with Gasteiger partial charge >= 0.3 is 12.1 Å². The van der Waals surface area contributed by atoms with E-state index in [1.165, 1.54) is 0 Å². The second-order valence-electron chi connectivity index (χ2n) is 9.47. The first-order valence-corrected chi connectivity index (χ1v) is 12.4. The van der Waals surface area contributed by atoms with E-state index in [1.807, 2.05) is 12.1 Å². The van der Waals surface area contributed by atoms with E-state index >= 15 is 0 Å². The number of hydrogen-bond donors (Lipinski definition) is 2. The monoisotopic (exact) mass is 536 g/mol. The van der Waals surface area contributed by atoms with Crippen LogP contribution in [0.4, 0.5) is 18.4 Å². The molecule has 0 spiro atoms. The lowest BCUT2D eigenvalue weighted by molar-refractivity contribution is -0.125. The standard InChI is InChI=1S/C27H26F2N6O4/c28-20-7-6-17(14-21(20)29)22-23(24(32)36)39-26(38)35(22)25(37)33-10-3-11-34-12-8-27(16-31,9-13-34)19-5-2-1-4-18(19)15-30/h1-2,4-7,14,22-23H,3,8-13H2,(H2,32,36)(H,33,37)/t22-,23+/m0/s1. The van der Waals surface area contributed by atoms with Crippen molar-refractivity contribution >= 4 is 18.0 Å². The highest BCUT2D eigenvalue weighted by atomic mass is 19.2. The van der Waals surface area contributed by atoms with Gasteiger partial charge in [0.2, 0.25) is 6.10 Å². The number of benzene rings is 2. The Balaban J connectivity index is 1.33. The largest absolute Gasteiger partial charge is 0.433 e. The quantitative estimate of drug-likeness (QED) is 0.516. The molecule has 2 aliphatic rings. The fraction of sp³-hybridized carbons (Fsp3) is 0.370. The molecule has 4 amide bonds. The molecule has 2 fully saturated rings. The van der Waals surface area contributed by atoms with Crippen LogP contribution < -0.4 is 11.1 Å². The number of halogens is 2. The Hall–Kier alpha value is -4.55. The van der Waals surface area contributed by atoms with Gasteiger partial charge in [-0.25, -0.2) is 23.3 Å². The lowest BCUT2D eigenvalue weighted by Crippen LogP contribution is -2.45. The summed E-state index contributed by atoms with van der Waals surface area (Å²) in [5, 5.41) is 22.0. The van der Waals surface area contributed by atoms with E-state index in [-0.39, 0.29) is 12.1 Å². The molecule has 0 aromatic heterocycles. The van der Waals surface area contributed by atoms with Crippen molar-refractivity contribution in [3.8, 4) is 12.1 Å². The molecule has 10 nitrogen and oxygen atoms in total. The number of nitrogens with two attached hydrogens (primary N) is 1. The zero-order chi connectivity index (χ0) is 28.2. The van der Waals surface area contributed by atoms with Gasteiger partial charge in [-0.2, -0.15) is 10.5 Å². The molecular weight excluding hydrogens is 510 g/mol. The number of hydrogen-bond acceptors (Lipinski definition) is 7. The number of cyclic esters (lactones) is 1. The molecule has 2 heterocycles. The van der Waals surface area contributed by atoms with Gasteiger partial charge in [0, 0.05) is 6.54 Å². The summed E-state index contributed by atoms with van der Waals surface area (Å²) in [5.74, 6) is -3.38. The normalized spacial score (nSPS) is 20.5. The summed E-state index contributed by atoms with van der Waals surface area (Å²) in [5.41, 5.74) is 5.80. The predicted molar refractivity (Wildman–Crippen MR) is 133 cm³/mol. The molecule has 0 saturated carbocycles. The van der Waals surface area contributed by atoms with Crippen LogP contribution in [0, 0.1) is 34.3 Å². The summed E-state index contributed by atoms with van der Waals surface area (Å²) in [6.45, 7) is 2.02. The molecule has 12 heteroatoms. The number of nitrogens with zero attached hydrogens (tertiary/aromatic N) is 4. The van der Waals surface area contributed by atoms with Crippen LogP contribution in [0.15, 0.2) is 42.5 Å². The fourth-order valence-electron chi connectivity index (χ4n) is 5.10. The number of carbonyl (C=O) groups excluding carboxylic acids is 3. The maximum atomic E-state index is 13.8. The number of ether oxygens (including phenoxy) is 1. The van der Waals surface area contributed by atoms with Gasteiger partial charge in [0.1, 0.15) is 6.04 Å². The Kier molecular flexibility index (Phi) is 8.07. The minimum absolute atomic E-state index is 0.0223. The number of piperidine rings is 1. The van der Waals surface area contributed by atoms with Crippen molar-refractivity contribution in [2.75, 3.05) is 26.2 Å². The van der Waals surface area contributed by atoms with Crippen molar-refractivity contribution < 1.29 is 27.9 Å². The van der Waals surface area contributed by atoms with Gasteiger partial charge in [-0.1, -0.05) is 24.3 Å². The average molecular weight is 537 g/mol. The van der Waals surface area contributed by atoms with Crippen LogP contribution in [0.2, 0.25) is 0 Å². The fourth-order valence-corrected chi connectivity index (χ4v) is 5.10. The minimum atomic E-state index is -1.56. The molecule has 0 unspecified atom stereocenters. The highest BCUT2D eigenvalue weighted by Crippen LogP contribution is 2.37. The van der Waals surface area contributed by atoms with E-state index in [0.29, 0.717) is 49.4 Å². The Bertz CT molecular complexity index is 1360. The van der Waals surface area contributed by atoms with E-state index in [2.05, 4.69) is 22.4 Å². The first-order valence-electron chi connectivity index (χ1n) is 12.4. The van der Waals surface area contributed by atoms with E-state index in [9.17, 15) is 33.7 Å². The zero-order valence-corrected chi connectivity index (χ0v) is 20.9. The van der Waals surface area contributed by atoms with Crippen molar-refractivity contribution in [3.63, 3.8) is 0 Å². The molecule has 2 atom stereocenters. The van der Waals surface area contributed by atoms with Gasteiger partial charge in [-0.05, 0) is 68.2 Å². The molecule has 0 bridgehead atoms. The van der Waals surface area contributed by atoms with Crippen LogP contribution >= 0.6 is 0 Å². The molecule has 39 heavy (non-hydrogen) atoms. The lowest BCUT2D eigenvalue weighted by Gasteiger charge is -2.38. The van der Waals surface area contributed by atoms with Crippen LogP contribution in [-0.4, -0.2) is 60.1 Å². The molecule has 2 aromatic carbocycles. The number of likely N-dealkylation sites (tertiary alicyclic amines) is 1. The Morgan fingerprint density at radius 1 is 1.13 bits per heavy atom. The molecule has 0 radical (unpaired) electrons. The second kappa shape index (κ2) is 11.5.